The number of aliphatic hydroxyl groups excluding tert-OH is 10. The van der Waals surface area contributed by atoms with Crippen molar-refractivity contribution in [1.29, 1.82) is 0 Å². The van der Waals surface area contributed by atoms with Gasteiger partial charge in [-0.25, -0.2) is 73.8 Å². The Labute approximate surface area is 796 Å². The Balaban J connectivity index is 0.000000161. The van der Waals surface area contributed by atoms with Crippen LogP contribution in [0.3, 0.4) is 0 Å². The first kappa shape index (κ1) is 105. The molecule has 5 saturated heterocycles. The number of aliphatic hydroxyl groups is 10. The van der Waals surface area contributed by atoms with Crippen molar-refractivity contribution >= 4 is 79.7 Å². The van der Waals surface area contributed by atoms with E-state index in [0.717, 1.165) is 150 Å². The van der Waals surface area contributed by atoms with Crippen molar-refractivity contribution in [2.24, 2.45) is 14.1 Å². The number of nitrogens with one attached hydrogen (secondary N) is 1. The van der Waals surface area contributed by atoms with Gasteiger partial charge in [0.1, 0.15) is 77.5 Å². The number of nitrogens with two attached hydrogens (primary N) is 1. The van der Waals surface area contributed by atoms with Crippen molar-refractivity contribution in [2.45, 2.75) is 183 Å². The Morgan fingerprint density at radius 1 is 0.507 bits per heavy atom. The summed E-state index contributed by atoms with van der Waals surface area (Å²) in [4.78, 5) is 107. The fourth-order valence-electron chi connectivity index (χ4n) is 17.7. The van der Waals surface area contributed by atoms with Crippen molar-refractivity contribution in [3.8, 4) is 46.8 Å². The molecule has 46 heteroatoms. The van der Waals surface area contributed by atoms with Gasteiger partial charge in [-0.05, 0) is 134 Å². The lowest BCUT2D eigenvalue weighted by molar-refractivity contribution is -0.0511. The van der Waals surface area contributed by atoms with Crippen molar-refractivity contribution < 1.29 is 108 Å². The van der Waals surface area contributed by atoms with Gasteiger partial charge in [-0.2, -0.15) is 0 Å². The van der Waals surface area contributed by atoms with E-state index in [2.05, 4.69) is 65.7 Å². The maximum atomic E-state index is 12.6. The number of esters is 2. The van der Waals surface area contributed by atoms with Crippen LogP contribution in [0.2, 0.25) is 0 Å². The number of ether oxygens (including phenoxy) is 10. The van der Waals surface area contributed by atoms with Gasteiger partial charge < -0.3 is 134 Å². The number of piperidine rings is 2. The summed E-state index contributed by atoms with van der Waals surface area (Å²) in [7, 11) is 12.3. The molecule has 138 heavy (non-hydrogen) atoms. The molecule has 4 unspecified atom stereocenters. The zero-order valence-electron chi connectivity index (χ0n) is 79.3. The Hall–Kier alpha value is -11.9. The highest BCUT2D eigenvalue weighted by molar-refractivity contribution is 5.94. The molecule has 1 aliphatic carbocycles. The molecule has 6 fully saturated rings. The second-order valence-corrected chi connectivity index (χ2v) is 34.1. The Bertz CT molecular complexity index is 5570. The van der Waals surface area contributed by atoms with Crippen molar-refractivity contribution in [1.82, 2.24) is 87.5 Å². The van der Waals surface area contributed by atoms with Gasteiger partial charge in [0.2, 0.25) is 11.5 Å². The number of aryl methyl sites for hydroxylation is 2. The second kappa shape index (κ2) is 51.1. The number of imidazole rings is 3. The molecule has 0 amide bonds. The third-order valence-corrected chi connectivity index (χ3v) is 25.2. The first-order valence-electron chi connectivity index (χ1n) is 46.6. The van der Waals surface area contributed by atoms with Crippen LogP contribution in [0.5, 0.6) is 34.5 Å². The number of methoxy groups -OCH3 is 6. The molecule has 46 nitrogen and oxygen atoms in total. The van der Waals surface area contributed by atoms with Gasteiger partial charge in [0.25, 0.3) is 5.56 Å². The normalized spacial score (nSPS) is 19.7. The fourth-order valence-corrected chi connectivity index (χ4v) is 17.7. The van der Waals surface area contributed by atoms with E-state index in [4.69, 9.17) is 84.6 Å². The number of fused-ring (bicyclic) bond motifs is 4. The van der Waals surface area contributed by atoms with Crippen LogP contribution in [0, 0.1) is 12.3 Å². The predicted molar refractivity (Wildman–Crippen MR) is 505 cm³/mol. The first-order chi connectivity index (χ1) is 67.0. The van der Waals surface area contributed by atoms with E-state index in [1.807, 2.05) is 0 Å². The molecule has 13 N–H and O–H groups in total. The second-order valence-electron chi connectivity index (χ2n) is 34.1. The summed E-state index contributed by atoms with van der Waals surface area (Å²) in [5, 5.41) is 100. The third-order valence-electron chi connectivity index (χ3n) is 25.2. The summed E-state index contributed by atoms with van der Waals surface area (Å²) in [5.74, 6) is 7.29. The average Bonchev–Trinajstić information content (AvgIpc) is 1.19. The van der Waals surface area contributed by atoms with Crippen LogP contribution in [0.4, 0.5) is 23.3 Å². The van der Waals surface area contributed by atoms with E-state index in [-0.39, 0.29) is 57.2 Å². The number of aromatic nitrogens is 16. The van der Waals surface area contributed by atoms with Gasteiger partial charge in [0.15, 0.2) is 86.7 Å². The maximum Gasteiger partial charge on any atom is 0.338 e. The molecular weight excluding hydrogens is 1800 g/mol. The fraction of sp³-hybridized carbons (Fsp3) is 0.598. The third kappa shape index (κ3) is 25.0. The number of carbonyl (C=O) groups excluding carboxylic acids is 2. The highest BCUT2D eigenvalue weighted by Crippen LogP contribution is 2.42. The molecule has 5 aliphatic heterocycles. The van der Waals surface area contributed by atoms with Gasteiger partial charge in [0.05, 0.1) is 106 Å². The zero-order chi connectivity index (χ0) is 98.6. The van der Waals surface area contributed by atoms with Crippen LogP contribution in [0.25, 0.3) is 44.5 Å². The molecule has 8 atom stereocenters. The van der Waals surface area contributed by atoms with E-state index in [9.17, 15) is 65.1 Å². The number of nitrogens with zero attached hydrogens (tertiary/aromatic N) is 20. The lowest BCUT2D eigenvalue weighted by atomic mass is 10.00. The zero-order valence-corrected chi connectivity index (χ0v) is 79.3. The number of hydrogen-bond acceptors (Lipinski definition) is 41. The van der Waals surface area contributed by atoms with Gasteiger partial charge in [-0.1, -0.05) is 18.8 Å². The lowest BCUT2D eigenvalue weighted by Crippen LogP contribution is -2.39. The van der Waals surface area contributed by atoms with Crippen LogP contribution in [-0.2, 0) is 39.6 Å². The van der Waals surface area contributed by atoms with Gasteiger partial charge >= 0.3 is 17.6 Å². The van der Waals surface area contributed by atoms with E-state index < -0.39 is 78.9 Å². The van der Waals surface area contributed by atoms with Gasteiger partial charge in [-0.3, -0.25) is 18.5 Å². The van der Waals surface area contributed by atoms with Crippen LogP contribution < -0.4 is 60.5 Å². The van der Waals surface area contributed by atoms with Crippen molar-refractivity contribution in [2.75, 3.05) is 182 Å². The van der Waals surface area contributed by atoms with Crippen LogP contribution >= 0.6 is 0 Å². The molecule has 752 valence electrons. The SMILES string of the molecule is C#CCn1c(=O)c2c(ncn2C)n(C)c1=O.COc1cc(C(=O)OCCCN2CCCN(CCCOC(=O)c3cc(OC)c(OC)c(OC)c3)CC2)cc(OC)c1OC.Nc1ncnc2c1ncn2[C@@H]1O[C@H](CO)C(O)C1O.OCCC(CCO)c1nc(N2CCCCC2)c2nc(C(CCO)CCO)nc(N3CCCCC3)c2n1.OC[C@H]1O[C@@H](n2cnc3c(NC4CCCC4)ncnc32)C(O)C1O. The Morgan fingerprint density at radius 2 is 0.942 bits per heavy atom. The van der Waals surface area contributed by atoms with E-state index in [1.54, 1.807) is 47.5 Å². The summed E-state index contributed by atoms with van der Waals surface area (Å²) in [6.45, 7) is 8.90. The van der Waals surface area contributed by atoms with Crippen LogP contribution in [0.15, 0.2) is 65.5 Å². The molecule has 0 bridgehead atoms. The topological polar surface area (TPSA) is 580 Å². The first-order valence-corrected chi connectivity index (χ1v) is 46.6. The standard InChI is InChI=1S/C31H44N2O10.C26H42N6O4.C15H21N5O4.C10H13N5O4.C10H10N4O2/c1-36-24-18-22(19-25(37-2)28(24)40-5)30(34)42-16-8-12-32-10-7-11-33(15-14-32)13-9-17-43-31(35)23-20-26(38-3)29(41-6)27(21-23)39-4;33-15-7-19(8-16-34)23-28-22-21(25(29-23)31-11-3-1-4-12-31)27-24(20(9-17-35)10-18-36)30-26(22)32-13-5-2-6-14-32;21-5-9-11(22)12(23)15(24-9)20-7-18-10-13(16-6-17-14(10)20)19-8-3-1-2-4-8;11-8-5-9(13-2-12-8)15(3-14-5)10-7(18)6(17)4(1-16)19-10;1-4-5-14-9(15)7-8(11-6-12(7)2)13(3)10(14)16/h18-21H,7-17H2,1-6H3;19-20,33-36H,1-18H2;6-9,11-12,15,21-23H,1-5H2,(H,16,17,19);2-4,6-7,10,16-18H,1H2,(H2,11,12,13);1,6H,5H2,2-3H3/t;;9-,11?,12?,15-;4-,6?,7?,10-;/m..11./s1. The minimum absolute atomic E-state index is 0.00350. The van der Waals surface area contributed by atoms with E-state index in [1.165, 1.54) is 109 Å². The van der Waals surface area contributed by atoms with Crippen molar-refractivity contribution in [3.63, 3.8) is 0 Å². The number of carbonyl (C=O) groups is 2. The molecule has 2 aromatic carbocycles. The molecule has 13 heterocycles. The van der Waals surface area contributed by atoms with Crippen LogP contribution in [-0.4, -0.2) is 354 Å². The number of hydrogen-bond donors (Lipinski definition) is 12. The summed E-state index contributed by atoms with van der Waals surface area (Å²) in [6, 6.07) is 6.73. The minimum atomic E-state index is -1.19. The molecular formula is C92H130N22O24. The van der Waals surface area contributed by atoms with Crippen LogP contribution in [0.1, 0.15) is 166 Å². The molecule has 0 spiro atoms. The van der Waals surface area contributed by atoms with E-state index >= 15 is 0 Å². The number of anilines is 4. The Morgan fingerprint density at radius 3 is 1.36 bits per heavy atom. The minimum Gasteiger partial charge on any atom is -0.493 e. The number of terminal acetylenes is 1. The van der Waals surface area contributed by atoms with Gasteiger partial charge in [0, 0.05) is 111 Å². The molecule has 0 radical (unpaired) electrons. The summed E-state index contributed by atoms with van der Waals surface area (Å²) in [5.41, 5.74) is 9.57. The van der Waals surface area contributed by atoms with Gasteiger partial charge in [-0.15, -0.1) is 6.42 Å². The monoisotopic (exact) mass is 1930 g/mol. The molecule has 6 aliphatic rings. The summed E-state index contributed by atoms with van der Waals surface area (Å²) in [6.07, 6.45) is 20.0. The van der Waals surface area contributed by atoms with E-state index in [0.29, 0.717) is 142 Å². The number of rotatable bonds is 35. The molecule has 16 rings (SSSR count). The molecule has 10 aromatic rings. The molecule has 8 aromatic heterocycles. The largest absolute Gasteiger partial charge is 0.493 e. The number of nitrogen functional groups attached to an aromatic ring is 1. The summed E-state index contributed by atoms with van der Waals surface area (Å²) >= 11 is 0. The summed E-state index contributed by atoms with van der Waals surface area (Å²) < 4.78 is 60.8. The maximum absolute atomic E-state index is 12.6. The van der Waals surface area contributed by atoms with Crippen molar-refractivity contribution in [3.05, 3.63) is 99.5 Å². The highest BCUT2D eigenvalue weighted by atomic mass is 16.6. The highest BCUT2D eigenvalue weighted by Gasteiger charge is 2.46. The number of benzene rings is 2. The lowest BCUT2D eigenvalue weighted by Gasteiger charge is -2.32. The quantitative estimate of drug-likeness (QED) is 0.0154. The predicted octanol–water partition coefficient (Wildman–Crippen LogP) is 2.52. The average molecular weight is 1930 g/mol. The Kier molecular flexibility index (Phi) is 38.9. The smallest absolute Gasteiger partial charge is 0.338 e. The molecule has 1 saturated carbocycles.